The molecular formula is C4H10CoN2O2. The van der Waals surface area contributed by atoms with Gasteiger partial charge in [0.15, 0.2) is 0 Å². The summed E-state index contributed by atoms with van der Waals surface area (Å²) >= 11 is 1.44. The molecule has 0 aromatic heterocycles. The molecule has 0 unspecified atom stereocenters. The van der Waals surface area contributed by atoms with Crippen molar-refractivity contribution >= 4 is 12.4 Å². The fraction of sp³-hybridized carbons (Fsp3) is 0.500. The van der Waals surface area contributed by atoms with Crippen LogP contribution in [0.2, 0.25) is 11.7 Å². The van der Waals surface area contributed by atoms with Crippen molar-refractivity contribution in [2.24, 2.45) is 10.3 Å². The second-order valence-corrected chi connectivity index (χ2v) is 1.90. The van der Waals surface area contributed by atoms with Crippen LogP contribution in [-0.4, -0.2) is 22.8 Å². The molecule has 0 atom stereocenters. The van der Waals surface area contributed by atoms with Crippen molar-refractivity contribution in [1.29, 1.82) is 0 Å². The van der Waals surface area contributed by atoms with Gasteiger partial charge in [-0.25, -0.2) is 0 Å². The summed E-state index contributed by atoms with van der Waals surface area (Å²) in [6.07, 6.45) is 1.89. The first-order valence-electron chi connectivity index (χ1n) is 1.92. The average molecular weight is 177 g/mol. The third-order valence-corrected chi connectivity index (χ3v) is 0.200. The number of hydrogen-bond donors (Lipinski definition) is 2. The van der Waals surface area contributed by atoms with E-state index in [9.17, 15) is 0 Å². The summed E-state index contributed by atoms with van der Waals surface area (Å²) in [6, 6.07) is 0. The van der Waals surface area contributed by atoms with Crippen LogP contribution in [0.5, 0.6) is 0 Å². The molecule has 4 nitrogen and oxygen atoms in total. The van der Waals surface area contributed by atoms with Crippen molar-refractivity contribution < 1.29 is 25.1 Å². The maximum absolute atomic E-state index is 7.56. The van der Waals surface area contributed by atoms with Crippen molar-refractivity contribution in [3.63, 3.8) is 0 Å². The summed E-state index contributed by atoms with van der Waals surface area (Å²) in [6.45, 7) is 0. The number of hydrogen-bond acceptors (Lipinski definition) is 4. The van der Waals surface area contributed by atoms with Crippen LogP contribution >= 0.6 is 0 Å². The molecule has 0 amide bonds. The Labute approximate surface area is 60.2 Å². The monoisotopic (exact) mass is 177 g/mol. The molecule has 0 radical (unpaired) electrons. The predicted octanol–water partition coefficient (Wildman–Crippen LogP) is 1.07. The summed E-state index contributed by atoms with van der Waals surface area (Å²) < 4.78 is 0. The first-order chi connectivity index (χ1) is 4.33. The van der Waals surface area contributed by atoms with Gasteiger partial charge in [-0.05, 0) is 0 Å². The molecule has 0 saturated carbocycles. The van der Waals surface area contributed by atoms with Crippen LogP contribution in [0, 0.1) is 0 Å². The summed E-state index contributed by atoms with van der Waals surface area (Å²) in [5, 5.41) is 20.1. The van der Waals surface area contributed by atoms with Crippen molar-refractivity contribution in [3.05, 3.63) is 0 Å². The zero-order valence-electron chi connectivity index (χ0n) is 5.28. The Hall–Kier alpha value is -0.554. The second-order valence-electron chi connectivity index (χ2n) is 0.862. The van der Waals surface area contributed by atoms with Crippen molar-refractivity contribution in [2.75, 3.05) is 0 Å². The average Bonchev–Trinajstić information content (AvgIpc) is 1.86. The molecule has 0 spiro atoms. The predicted molar refractivity (Wildman–Crippen MR) is 32.3 cm³/mol. The first kappa shape index (κ1) is 11.3. The topological polar surface area (TPSA) is 65.2 Å². The van der Waals surface area contributed by atoms with E-state index in [4.69, 9.17) is 10.4 Å². The second kappa shape index (κ2) is 15.7. The van der Waals surface area contributed by atoms with Gasteiger partial charge in [-0.2, -0.15) is 0 Å². The van der Waals surface area contributed by atoms with E-state index >= 15 is 0 Å². The van der Waals surface area contributed by atoms with E-state index in [0.717, 1.165) is 12.4 Å². The molecule has 9 heavy (non-hydrogen) atoms. The molecule has 0 aromatic rings. The van der Waals surface area contributed by atoms with Gasteiger partial charge in [-0.15, -0.1) is 0 Å². The van der Waals surface area contributed by atoms with Gasteiger partial charge in [0.2, 0.25) is 0 Å². The Balaban J connectivity index is 0. The fourth-order valence-electron chi connectivity index (χ4n) is 0.0596. The first-order valence-corrected chi connectivity index (χ1v) is 4.00. The van der Waals surface area contributed by atoms with E-state index in [2.05, 4.69) is 22.0 Å². The molecule has 5 heteroatoms. The summed E-state index contributed by atoms with van der Waals surface area (Å²) in [5.74, 6) is 4.19. The Kier molecular flexibility index (Phi) is 19.6. The Morgan fingerprint density at radius 2 is 1.33 bits per heavy atom. The molecule has 0 saturated heterocycles. The third kappa shape index (κ3) is 36.9. The van der Waals surface area contributed by atoms with Gasteiger partial charge in [0.25, 0.3) is 0 Å². The summed E-state index contributed by atoms with van der Waals surface area (Å²) in [7, 11) is 0. The molecule has 2 N–H and O–H groups in total. The van der Waals surface area contributed by atoms with Crippen molar-refractivity contribution in [2.45, 2.75) is 11.7 Å². The quantitative estimate of drug-likeness (QED) is 0.357. The molecule has 0 rings (SSSR count). The summed E-state index contributed by atoms with van der Waals surface area (Å²) in [5.41, 5.74) is 0. The van der Waals surface area contributed by atoms with Crippen molar-refractivity contribution in [3.8, 4) is 0 Å². The van der Waals surface area contributed by atoms with Gasteiger partial charge < -0.3 is 10.4 Å². The number of nitrogens with zero attached hydrogens (tertiary/aromatic N) is 2. The van der Waals surface area contributed by atoms with E-state index in [1.54, 1.807) is 0 Å². The molecule has 0 aliphatic rings. The normalized spacial score (nSPS) is 10.0. The van der Waals surface area contributed by atoms with Crippen molar-refractivity contribution in [1.82, 2.24) is 0 Å². The van der Waals surface area contributed by atoms with E-state index in [0.29, 0.717) is 0 Å². The van der Waals surface area contributed by atoms with Gasteiger partial charge in [0.1, 0.15) is 0 Å². The molecule has 0 bridgehead atoms. The minimum absolute atomic E-state index is 0.944. The van der Waals surface area contributed by atoms with Gasteiger partial charge in [0.05, 0.1) is 12.4 Å². The Bertz CT molecular complexity index is 74.6. The van der Waals surface area contributed by atoms with E-state index in [1.807, 2.05) is 0 Å². The van der Waals surface area contributed by atoms with Crippen LogP contribution in [0.4, 0.5) is 0 Å². The van der Waals surface area contributed by atoms with Gasteiger partial charge in [-0.3, -0.25) is 0 Å². The minimum atomic E-state index is 0.944. The van der Waals surface area contributed by atoms with Crippen LogP contribution in [0.15, 0.2) is 10.3 Å². The molecule has 0 heterocycles. The maximum atomic E-state index is 7.56. The molecule has 0 aliphatic heterocycles. The van der Waals surface area contributed by atoms with Gasteiger partial charge >= 0.3 is 26.4 Å². The van der Waals surface area contributed by atoms with Crippen LogP contribution < -0.4 is 0 Å². The van der Waals surface area contributed by atoms with Crippen LogP contribution in [-0.2, 0) is 14.7 Å². The van der Waals surface area contributed by atoms with Crippen LogP contribution in [0.1, 0.15) is 0 Å². The molecular weight excluding hydrogens is 167 g/mol. The van der Waals surface area contributed by atoms with Gasteiger partial charge in [-0.1, -0.05) is 10.3 Å². The zero-order chi connectivity index (χ0) is 7.54. The zero-order valence-corrected chi connectivity index (χ0v) is 6.32. The van der Waals surface area contributed by atoms with Gasteiger partial charge in [0, 0.05) is 0 Å². The van der Waals surface area contributed by atoms with Crippen LogP contribution in [0.3, 0.4) is 0 Å². The standard InChI is InChI=1S/C2H4N2O2.2CH3.Co/c5-3-1-2-4-6;;;/h1-2,5-6H;2*1H3;. The summed E-state index contributed by atoms with van der Waals surface area (Å²) in [4.78, 5) is 0. The molecule has 0 aliphatic carbocycles. The third-order valence-electron chi connectivity index (χ3n) is 0.200. The Morgan fingerprint density at radius 1 is 1.11 bits per heavy atom. The molecule has 57 valence electrons. The van der Waals surface area contributed by atoms with E-state index in [1.165, 1.54) is 14.7 Å². The van der Waals surface area contributed by atoms with E-state index in [-0.39, 0.29) is 0 Å². The number of oxime groups is 2. The fourth-order valence-corrected chi connectivity index (χ4v) is 0.0596. The molecule has 0 fully saturated rings. The number of rotatable bonds is 1. The Morgan fingerprint density at radius 3 is 1.44 bits per heavy atom. The van der Waals surface area contributed by atoms with Crippen LogP contribution in [0.25, 0.3) is 0 Å². The SMILES string of the molecule is ON=CC=NO.[CH3][Co][CH3]. The van der Waals surface area contributed by atoms with E-state index < -0.39 is 0 Å². The molecule has 0 aromatic carbocycles.